The minimum atomic E-state index is -1.94. The number of allylic oxidation sites excluding steroid dienone is 1. The van der Waals surface area contributed by atoms with E-state index < -0.39 is 8.32 Å². The minimum Gasteiger partial charge on any atom is -0.402 e. The Kier molecular flexibility index (Phi) is 8.52. The summed E-state index contributed by atoms with van der Waals surface area (Å²) >= 11 is 0. The lowest BCUT2D eigenvalue weighted by Gasteiger charge is -2.40. The lowest BCUT2D eigenvalue weighted by molar-refractivity contribution is 0.205. The second-order valence-corrected chi connectivity index (χ2v) is 12.5. The van der Waals surface area contributed by atoms with Crippen LogP contribution in [0.2, 0.25) is 17.1 Å². The maximum absolute atomic E-state index is 6.83. The van der Waals surface area contributed by atoms with Crippen LogP contribution >= 0.6 is 0 Å². The van der Waals surface area contributed by atoms with Gasteiger partial charge in [-0.25, -0.2) is 0 Å². The van der Waals surface area contributed by atoms with Crippen molar-refractivity contribution in [3.05, 3.63) is 48.6 Å². The van der Waals surface area contributed by atoms with E-state index in [2.05, 4.69) is 72.1 Å². The Morgan fingerprint density at radius 3 is 2.08 bits per heavy atom. The van der Waals surface area contributed by atoms with Gasteiger partial charge in [0.25, 0.3) is 0 Å². The zero-order valence-electron chi connectivity index (χ0n) is 16.3. The third-order valence-electron chi connectivity index (χ3n) is 4.62. The van der Waals surface area contributed by atoms with Gasteiger partial charge < -0.3 is 4.43 Å². The van der Waals surface area contributed by atoms with Crippen LogP contribution < -0.4 is 0 Å². The second kappa shape index (κ2) is 9.86. The summed E-state index contributed by atoms with van der Waals surface area (Å²) in [7, 11) is -1.94. The predicted octanol–water partition coefficient (Wildman–Crippen LogP) is 6.42. The summed E-state index contributed by atoms with van der Waals surface area (Å²) < 4.78 is 6.83. The lowest BCUT2D eigenvalue weighted by atomic mass is 10.1. The highest BCUT2D eigenvalue weighted by molar-refractivity contribution is 6.76. The van der Waals surface area contributed by atoms with Gasteiger partial charge in [-0.2, -0.15) is 0 Å². The molecule has 0 N–H and O–H groups in total. The first kappa shape index (κ1) is 20.7. The zero-order chi connectivity index (χ0) is 18.2. The second-order valence-electron chi connectivity index (χ2n) is 7.63. The predicted molar refractivity (Wildman–Crippen MR) is 109 cm³/mol. The van der Waals surface area contributed by atoms with Gasteiger partial charge in [0.05, 0.1) is 0 Å². The van der Waals surface area contributed by atoms with E-state index in [1.165, 1.54) is 0 Å². The number of hydrogen-bond acceptors (Lipinski definition) is 1. The molecule has 1 atom stereocenters. The Morgan fingerprint density at radius 2 is 1.62 bits per heavy atom. The van der Waals surface area contributed by atoms with Crippen LogP contribution in [0.3, 0.4) is 0 Å². The quantitative estimate of drug-likeness (QED) is 0.301. The Hall–Kier alpha value is -1.30. The van der Waals surface area contributed by atoms with Crippen molar-refractivity contribution in [1.29, 1.82) is 0 Å². The normalized spacial score (nSPS) is 13.0. The lowest BCUT2D eigenvalue weighted by Crippen LogP contribution is -2.47. The van der Waals surface area contributed by atoms with Gasteiger partial charge >= 0.3 is 0 Å². The van der Waals surface area contributed by atoms with Gasteiger partial charge in [-0.3, -0.25) is 0 Å². The van der Waals surface area contributed by atoms with Crippen LogP contribution in [0.25, 0.3) is 0 Å². The Balaban J connectivity index is 3.10. The molecule has 1 unspecified atom stereocenters. The van der Waals surface area contributed by atoms with Crippen LogP contribution in [0.1, 0.15) is 53.5 Å². The molecule has 0 amide bonds. The van der Waals surface area contributed by atoms with Crippen molar-refractivity contribution < 1.29 is 4.43 Å². The van der Waals surface area contributed by atoms with E-state index in [-0.39, 0.29) is 6.10 Å². The van der Waals surface area contributed by atoms with Gasteiger partial charge in [0.1, 0.15) is 6.10 Å². The fourth-order valence-electron chi connectivity index (χ4n) is 3.20. The van der Waals surface area contributed by atoms with E-state index in [1.807, 2.05) is 24.3 Å². The van der Waals surface area contributed by atoms with E-state index in [0.29, 0.717) is 17.0 Å². The maximum Gasteiger partial charge on any atom is 0.203 e. The van der Waals surface area contributed by atoms with Gasteiger partial charge in [0.15, 0.2) is 0 Å². The van der Waals surface area contributed by atoms with E-state index in [0.717, 1.165) is 18.0 Å². The third-order valence-corrected chi connectivity index (χ3v) is 10.2. The Bertz CT molecular complexity index is 540. The molecule has 0 aliphatic rings. The van der Waals surface area contributed by atoms with E-state index in [1.54, 1.807) is 0 Å². The fourth-order valence-corrected chi connectivity index (χ4v) is 7.25. The third kappa shape index (κ3) is 5.96. The summed E-state index contributed by atoms with van der Waals surface area (Å²) in [6, 6.07) is 11.2. The van der Waals surface area contributed by atoms with Gasteiger partial charge in [-0.1, -0.05) is 77.7 Å². The molecule has 1 rings (SSSR count). The van der Waals surface area contributed by atoms with Gasteiger partial charge in [0, 0.05) is 5.56 Å². The van der Waals surface area contributed by atoms with Crippen LogP contribution in [0, 0.1) is 17.8 Å². The zero-order valence-corrected chi connectivity index (χ0v) is 17.3. The average molecular weight is 343 g/mol. The molecule has 2 heteroatoms. The molecule has 0 aliphatic carbocycles. The van der Waals surface area contributed by atoms with Crippen molar-refractivity contribution >= 4 is 8.32 Å². The highest BCUT2D eigenvalue weighted by Crippen LogP contribution is 2.38. The molecule has 0 saturated carbocycles. The SMILES string of the molecule is C=CC[Si](OC(C#Cc1ccccc1)CC(C)C)(C(C)C)C(C)C. The molecule has 0 bridgehead atoms. The van der Waals surface area contributed by atoms with Crippen molar-refractivity contribution in [1.82, 2.24) is 0 Å². The first-order chi connectivity index (χ1) is 11.3. The van der Waals surface area contributed by atoms with Crippen molar-refractivity contribution in [3.8, 4) is 11.8 Å². The number of benzene rings is 1. The smallest absolute Gasteiger partial charge is 0.203 e. The molecule has 1 nitrogen and oxygen atoms in total. The Labute approximate surface area is 150 Å². The summed E-state index contributed by atoms with van der Waals surface area (Å²) in [5, 5.41) is 0. The molecule has 24 heavy (non-hydrogen) atoms. The van der Waals surface area contributed by atoms with Crippen molar-refractivity contribution in [2.75, 3.05) is 0 Å². The van der Waals surface area contributed by atoms with E-state index in [4.69, 9.17) is 4.43 Å². The standard InChI is InChI=1S/C22H34OSi/c1-8-16-24(19(4)5,20(6)7)23-22(17-18(2)3)15-14-21-12-10-9-11-13-21/h8-13,18-20,22H,1,16-17H2,2-7H3. The van der Waals surface area contributed by atoms with E-state index >= 15 is 0 Å². The summed E-state index contributed by atoms with van der Waals surface area (Å²) in [4.78, 5) is 0. The van der Waals surface area contributed by atoms with Crippen LogP contribution in [-0.4, -0.2) is 14.4 Å². The van der Waals surface area contributed by atoms with Crippen molar-refractivity contribution in [3.63, 3.8) is 0 Å². The number of hydrogen-bond donors (Lipinski definition) is 0. The van der Waals surface area contributed by atoms with Gasteiger partial charge in [-0.15, -0.1) is 6.58 Å². The molecule has 0 aromatic heterocycles. The largest absolute Gasteiger partial charge is 0.402 e. The van der Waals surface area contributed by atoms with E-state index in [9.17, 15) is 0 Å². The average Bonchev–Trinajstić information content (AvgIpc) is 2.52. The van der Waals surface area contributed by atoms with Crippen LogP contribution in [0.15, 0.2) is 43.0 Å². The molecule has 0 fully saturated rings. The highest BCUT2D eigenvalue weighted by Gasteiger charge is 2.42. The molecular formula is C22H34OSi. The highest BCUT2D eigenvalue weighted by atomic mass is 28.4. The topological polar surface area (TPSA) is 9.23 Å². The fraction of sp³-hybridized carbons (Fsp3) is 0.545. The minimum absolute atomic E-state index is 0.00150. The summed E-state index contributed by atoms with van der Waals surface area (Å²) in [5.41, 5.74) is 2.15. The summed E-state index contributed by atoms with van der Waals surface area (Å²) in [5.74, 6) is 7.30. The molecule has 1 aromatic rings. The maximum atomic E-state index is 6.83. The molecule has 0 spiro atoms. The first-order valence-corrected chi connectivity index (χ1v) is 11.4. The summed E-state index contributed by atoms with van der Waals surface area (Å²) in [6.45, 7) is 17.7. The molecule has 0 heterocycles. The molecule has 0 radical (unpaired) electrons. The molecular weight excluding hydrogens is 308 g/mol. The van der Waals surface area contributed by atoms with Gasteiger partial charge in [-0.05, 0) is 41.6 Å². The molecule has 0 saturated heterocycles. The molecule has 0 aliphatic heterocycles. The first-order valence-electron chi connectivity index (χ1n) is 9.17. The van der Waals surface area contributed by atoms with Crippen molar-refractivity contribution in [2.45, 2.75) is 71.2 Å². The molecule has 132 valence electrons. The van der Waals surface area contributed by atoms with Crippen molar-refractivity contribution in [2.24, 2.45) is 5.92 Å². The molecule has 1 aromatic carbocycles. The number of rotatable bonds is 8. The van der Waals surface area contributed by atoms with Gasteiger partial charge in [0.2, 0.25) is 8.32 Å². The monoisotopic (exact) mass is 342 g/mol. The summed E-state index contributed by atoms with van der Waals surface area (Å²) in [6.07, 6.45) is 3.02. The Morgan fingerprint density at radius 1 is 1.04 bits per heavy atom. The van der Waals surface area contributed by atoms with Crippen LogP contribution in [0.4, 0.5) is 0 Å². The van der Waals surface area contributed by atoms with Crippen LogP contribution in [0.5, 0.6) is 0 Å². The van der Waals surface area contributed by atoms with Crippen LogP contribution in [-0.2, 0) is 4.43 Å².